The molecule has 98 valence electrons. The molecule has 7 nitrogen and oxygen atoms in total. The van der Waals surface area contributed by atoms with Gasteiger partial charge in [-0.1, -0.05) is 12.1 Å². The van der Waals surface area contributed by atoms with Gasteiger partial charge in [-0.05, 0) is 22.9 Å². The van der Waals surface area contributed by atoms with Gasteiger partial charge in [-0.25, -0.2) is 10.5 Å². The van der Waals surface area contributed by atoms with Crippen LogP contribution in [0.5, 0.6) is 0 Å². The molecule has 0 atom stereocenters. The molecule has 1 aromatic carbocycles. The van der Waals surface area contributed by atoms with Crippen LogP contribution in [0.4, 0.5) is 5.69 Å². The van der Waals surface area contributed by atoms with Gasteiger partial charge in [0.05, 0.1) is 14.8 Å². The van der Waals surface area contributed by atoms with Crippen LogP contribution in [0, 0.1) is 17.0 Å². The van der Waals surface area contributed by atoms with E-state index in [4.69, 9.17) is 5.21 Å². The number of amides is 1. The molecule has 8 heteroatoms. The number of nitrogens with zero attached hydrogens (tertiary/aromatic N) is 2. The normalized spacial score (nSPS) is 10.5. The molecule has 1 aromatic heterocycles. The molecule has 0 unspecified atom stereocenters. The molecule has 0 radical (unpaired) electrons. The summed E-state index contributed by atoms with van der Waals surface area (Å²) in [4.78, 5) is 26.0. The van der Waals surface area contributed by atoms with Crippen LogP contribution in [0.1, 0.15) is 16.1 Å². The highest BCUT2D eigenvalue weighted by Gasteiger charge is 2.22. The summed E-state index contributed by atoms with van der Waals surface area (Å²) >= 11 is 3.19. The quantitative estimate of drug-likeness (QED) is 0.500. The number of nitrogens with one attached hydrogen (secondary N) is 1. The van der Waals surface area contributed by atoms with Crippen molar-refractivity contribution in [2.45, 2.75) is 6.92 Å². The van der Waals surface area contributed by atoms with Crippen LogP contribution in [0.2, 0.25) is 0 Å². The van der Waals surface area contributed by atoms with Crippen LogP contribution in [0.3, 0.4) is 0 Å². The van der Waals surface area contributed by atoms with Crippen molar-refractivity contribution in [3.63, 3.8) is 0 Å². The van der Waals surface area contributed by atoms with Gasteiger partial charge in [-0.15, -0.1) is 0 Å². The van der Waals surface area contributed by atoms with E-state index in [1.54, 1.807) is 13.0 Å². The Kier molecular flexibility index (Phi) is 3.45. The molecule has 1 amide bonds. The number of rotatable bonds is 2. The first-order valence-corrected chi connectivity index (χ1v) is 5.93. The average molecular weight is 326 g/mol. The second-order valence-electron chi connectivity index (χ2n) is 3.81. The number of nitro groups is 1. The first-order chi connectivity index (χ1) is 8.97. The molecule has 0 saturated carbocycles. The number of carbonyl (C=O) groups excluding carboxylic acids is 1. The minimum Gasteiger partial charge on any atom is -0.288 e. The Hall–Kier alpha value is -2.06. The van der Waals surface area contributed by atoms with E-state index in [2.05, 4.69) is 20.9 Å². The van der Waals surface area contributed by atoms with Gasteiger partial charge < -0.3 is 0 Å². The lowest BCUT2D eigenvalue weighted by molar-refractivity contribution is -0.383. The van der Waals surface area contributed by atoms with E-state index in [1.165, 1.54) is 17.7 Å². The zero-order valence-electron chi connectivity index (χ0n) is 9.68. The molecule has 0 aliphatic rings. The molecule has 19 heavy (non-hydrogen) atoms. The fourth-order valence-corrected chi connectivity index (χ4v) is 2.36. The van der Waals surface area contributed by atoms with Crippen molar-refractivity contribution in [2.24, 2.45) is 0 Å². The van der Waals surface area contributed by atoms with Crippen LogP contribution in [-0.2, 0) is 0 Å². The largest absolute Gasteiger partial charge is 0.293 e. The van der Waals surface area contributed by atoms with Crippen molar-refractivity contribution in [2.75, 3.05) is 0 Å². The molecule has 2 aromatic rings. The van der Waals surface area contributed by atoms with E-state index in [0.717, 1.165) is 0 Å². The summed E-state index contributed by atoms with van der Waals surface area (Å²) in [5, 5.41) is 20.4. The van der Waals surface area contributed by atoms with Crippen molar-refractivity contribution >= 4 is 38.3 Å². The van der Waals surface area contributed by atoms with Crippen molar-refractivity contribution < 1.29 is 14.9 Å². The Morgan fingerprint density at radius 1 is 1.53 bits per heavy atom. The summed E-state index contributed by atoms with van der Waals surface area (Å²) in [6.07, 6.45) is 1.29. The Labute approximate surface area is 115 Å². The van der Waals surface area contributed by atoms with E-state index in [-0.39, 0.29) is 16.8 Å². The molecule has 0 saturated heterocycles. The highest BCUT2D eigenvalue weighted by Crippen LogP contribution is 2.35. The average Bonchev–Trinajstić information content (AvgIpc) is 2.38. The highest BCUT2D eigenvalue weighted by atomic mass is 79.9. The lowest BCUT2D eigenvalue weighted by Gasteiger charge is -2.08. The van der Waals surface area contributed by atoms with Gasteiger partial charge in [0.25, 0.3) is 11.6 Å². The molecule has 0 aliphatic heterocycles. The first kappa shape index (κ1) is 13.4. The van der Waals surface area contributed by atoms with Gasteiger partial charge in [-0.3, -0.25) is 20.1 Å². The third-order valence-electron chi connectivity index (χ3n) is 2.68. The van der Waals surface area contributed by atoms with Gasteiger partial charge >= 0.3 is 0 Å². The Morgan fingerprint density at radius 3 is 2.79 bits per heavy atom. The number of aryl methyl sites for hydroxylation is 1. The molecule has 0 spiro atoms. The van der Waals surface area contributed by atoms with E-state index in [9.17, 15) is 14.9 Å². The summed E-state index contributed by atoms with van der Waals surface area (Å²) in [6.45, 7) is 1.61. The Bertz CT molecular complexity index is 702. The summed E-state index contributed by atoms with van der Waals surface area (Å²) in [6, 6.07) is 3.09. The lowest BCUT2D eigenvalue weighted by Crippen LogP contribution is -2.20. The number of hydrogen-bond donors (Lipinski definition) is 2. The van der Waals surface area contributed by atoms with Gasteiger partial charge in [0, 0.05) is 17.1 Å². The third-order valence-corrected chi connectivity index (χ3v) is 3.28. The second-order valence-corrected chi connectivity index (χ2v) is 4.66. The summed E-state index contributed by atoms with van der Waals surface area (Å²) in [5.74, 6) is -0.823. The lowest BCUT2D eigenvalue weighted by atomic mass is 10.0. The number of hydroxylamine groups is 1. The fraction of sp³-hybridized carbons (Fsp3) is 0.0909. The summed E-state index contributed by atoms with van der Waals surface area (Å²) < 4.78 is 0.410. The number of hydrogen-bond acceptors (Lipinski definition) is 5. The number of fused-ring (bicyclic) bond motifs is 1. The molecule has 0 aliphatic carbocycles. The van der Waals surface area contributed by atoms with E-state index >= 15 is 0 Å². The molecule has 2 N–H and O–H groups in total. The second kappa shape index (κ2) is 4.90. The molecular formula is C11H8BrN3O4. The topological polar surface area (TPSA) is 105 Å². The number of carbonyl (C=O) groups is 1. The SMILES string of the molecule is Cc1ccc2c(C(=O)NO)ncc(Br)c2c1[N+](=O)[O-]. The van der Waals surface area contributed by atoms with Crippen molar-refractivity contribution in [3.05, 3.63) is 44.2 Å². The molecule has 0 fully saturated rings. The fourth-order valence-electron chi connectivity index (χ4n) is 1.86. The van der Waals surface area contributed by atoms with Crippen LogP contribution in [0.25, 0.3) is 10.8 Å². The predicted molar refractivity (Wildman–Crippen MR) is 70.1 cm³/mol. The van der Waals surface area contributed by atoms with E-state index < -0.39 is 10.8 Å². The standard InChI is InChI=1S/C11H8BrN3O4/c1-5-2-3-6-8(10(5)15(18)19)7(12)4-13-9(6)11(16)14-17/h2-4,17H,1H3,(H,14,16). The predicted octanol–water partition coefficient (Wildman–Crippen LogP) is 2.33. The molecule has 2 rings (SSSR count). The monoisotopic (exact) mass is 325 g/mol. The van der Waals surface area contributed by atoms with Gasteiger partial charge in [0.1, 0.15) is 5.69 Å². The van der Waals surface area contributed by atoms with Crippen molar-refractivity contribution in [1.82, 2.24) is 10.5 Å². The van der Waals surface area contributed by atoms with Gasteiger partial charge in [0.2, 0.25) is 0 Å². The molecule has 1 heterocycles. The van der Waals surface area contributed by atoms with E-state index in [0.29, 0.717) is 15.4 Å². The van der Waals surface area contributed by atoms with Crippen LogP contribution < -0.4 is 5.48 Å². The number of aromatic nitrogens is 1. The number of pyridine rings is 1. The maximum atomic E-state index is 11.5. The zero-order valence-corrected chi connectivity index (χ0v) is 11.3. The minimum atomic E-state index is -0.823. The van der Waals surface area contributed by atoms with Gasteiger partial charge in [0.15, 0.2) is 0 Å². The van der Waals surface area contributed by atoms with Crippen molar-refractivity contribution in [3.8, 4) is 0 Å². The smallest absolute Gasteiger partial charge is 0.288 e. The Balaban J connectivity index is 2.95. The first-order valence-electron chi connectivity index (χ1n) is 5.14. The van der Waals surface area contributed by atoms with Crippen molar-refractivity contribution in [1.29, 1.82) is 0 Å². The van der Waals surface area contributed by atoms with Crippen LogP contribution in [-0.4, -0.2) is 21.0 Å². The number of benzene rings is 1. The maximum absolute atomic E-state index is 11.5. The number of nitro benzene ring substituents is 1. The molecule has 0 bridgehead atoms. The summed E-state index contributed by atoms with van der Waals surface area (Å²) in [7, 11) is 0. The molecular weight excluding hydrogens is 318 g/mol. The maximum Gasteiger partial charge on any atom is 0.293 e. The summed E-state index contributed by atoms with van der Waals surface area (Å²) in [5.41, 5.74) is 1.76. The van der Waals surface area contributed by atoms with Crippen LogP contribution >= 0.6 is 15.9 Å². The third kappa shape index (κ3) is 2.15. The minimum absolute atomic E-state index is 0.0798. The van der Waals surface area contributed by atoms with E-state index in [1.807, 2.05) is 0 Å². The van der Waals surface area contributed by atoms with Gasteiger partial charge in [-0.2, -0.15) is 0 Å². The highest BCUT2D eigenvalue weighted by molar-refractivity contribution is 9.10. The number of halogens is 1. The van der Waals surface area contributed by atoms with Crippen LogP contribution in [0.15, 0.2) is 22.8 Å². The Morgan fingerprint density at radius 2 is 2.21 bits per heavy atom. The zero-order chi connectivity index (χ0) is 14.2.